The smallest absolute Gasteiger partial charge is 0.228 e. The molecule has 0 bridgehead atoms. The number of pyridine rings is 1. The average molecular weight is 324 g/mol. The van der Waals surface area contributed by atoms with E-state index in [1.54, 1.807) is 0 Å². The van der Waals surface area contributed by atoms with E-state index in [2.05, 4.69) is 4.98 Å². The summed E-state index contributed by atoms with van der Waals surface area (Å²) in [5.41, 5.74) is 0. The molecule has 6 nitrogen and oxygen atoms in total. The third-order valence-electron chi connectivity index (χ3n) is 2.72. The highest BCUT2D eigenvalue weighted by Crippen LogP contribution is 2.31. The number of primary sulfonamides is 1. The average Bonchev–Trinajstić information content (AvgIpc) is 2.56. The van der Waals surface area contributed by atoms with Gasteiger partial charge in [-0.15, -0.1) is 0 Å². The Morgan fingerprint density at radius 1 is 1.47 bits per heavy atom. The lowest BCUT2D eigenvalue weighted by Crippen LogP contribution is -2.28. The summed E-state index contributed by atoms with van der Waals surface area (Å²) in [4.78, 5) is 17.2. The predicted octanol–water partition coefficient (Wildman–Crippen LogP) is 1.03. The van der Waals surface area contributed by atoms with Crippen LogP contribution in [-0.4, -0.2) is 31.6 Å². The minimum Gasteiger partial charge on any atom is -0.295 e. The van der Waals surface area contributed by atoms with Gasteiger partial charge in [-0.2, -0.15) is 0 Å². The first-order valence-corrected chi connectivity index (χ1v) is 7.85. The van der Waals surface area contributed by atoms with Crippen molar-refractivity contribution in [2.45, 2.75) is 6.42 Å². The second-order valence-corrected chi connectivity index (χ2v) is 6.87. The number of hydrogen-bond acceptors (Lipinski definition) is 4. The van der Waals surface area contributed by atoms with E-state index < -0.39 is 10.0 Å². The summed E-state index contributed by atoms with van der Waals surface area (Å²) >= 11 is 11.7. The number of anilines is 1. The van der Waals surface area contributed by atoms with Gasteiger partial charge in [0.15, 0.2) is 5.82 Å². The van der Waals surface area contributed by atoms with Crippen molar-refractivity contribution < 1.29 is 13.2 Å². The summed E-state index contributed by atoms with van der Waals surface area (Å²) in [6.07, 6.45) is 1.49. The molecule has 1 unspecified atom stereocenters. The van der Waals surface area contributed by atoms with Crippen molar-refractivity contribution >= 4 is 45.0 Å². The third kappa shape index (κ3) is 3.56. The van der Waals surface area contributed by atoms with Crippen molar-refractivity contribution in [1.82, 2.24) is 4.98 Å². The van der Waals surface area contributed by atoms with Crippen LogP contribution in [0.15, 0.2) is 12.3 Å². The monoisotopic (exact) mass is 323 g/mol. The van der Waals surface area contributed by atoms with Gasteiger partial charge >= 0.3 is 0 Å². The molecular weight excluding hydrogens is 313 g/mol. The van der Waals surface area contributed by atoms with Gasteiger partial charge < -0.3 is 0 Å². The van der Waals surface area contributed by atoms with E-state index >= 15 is 0 Å². The van der Waals surface area contributed by atoms with E-state index in [9.17, 15) is 13.2 Å². The van der Waals surface area contributed by atoms with Crippen molar-refractivity contribution in [2.75, 3.05) is 17.2 Å². The largest absolute Gasteiger partial charge is 0.295 e. The van der Waals surface area contributed by atoms with Crippen LogP contribution >= 0.6 is 23.2 Å². The lowest BCUT2D eigenvalue weighted by Gasteiger charge is -2.16. The maximum Gasteiger partial charge on any atom is 0.228 e. The zero-order valence-corrected chi connectivity index (χ0v) is 12.0. The summed E-state index contributed by atoms with van der Waals surface area (Å²) in [6.45, 7) is 0.226. The molecule has 104 valence electrons. The van der Waals surface area contributed by atoms with Gasteiger partial charge in [0, 0.05) is 25.1 Å². The van der Waals surface area contributed by atoms with Gasteiger partial charge in [-0.3, -0.25) is 9.69 Å². The maximum atomic E-state index is 11.9. The molecule has 0 radical (unpaired) electrons. The fourth-order valence-corrected chi connectivity index (χ4v) is 3.39. The van der Waals surface area contributed by atoms with Crippen LogP contribution in [0.2, 0.25) is 10.0 Å². The molecule has 1 aliphatic heterocycles. The Labute approximate surface area is 120 Å². The van der Waals surface area contributed by atoms with Crippen LogP contribution in [0, 0.1) is 5.92 Å². The van der Waals surface area contributed by atoms with Crippen LogP contribution in [0.4, 0.5) is 5.82 Å². The van der Waals surface area contributed by atoms with Gasteiger partial charge in [0.2, 0.25) is 15.9 Å². The predicted molar refractivity (Wildman–Crippen MR) is 72.7 cm³/mol. The zero-order valence-electron chi connectivity index (χ0n) is 9.71. The molecule has 2 heterocycles. The van der Waals surface area contributed by atoms with E-state index in [0.717, 1.165) is 0 Å². The molecule has 1 amide bonds. The molecule has 1 atom stereocenters. The molecule has 2 rings (SSSR count). The molecule has 0 aliphatic carbocycles. The summed E-state index contributed by atoms with van der Waals surface area (Å²) in [6, 6.07) is 1.48. The first-order valence-electron chi connectivity index (χ1n) is 5.38. The van der Waals surface area contributed by atoms with Gasteiger partial charge in [-0.25, -0.2) is 18.5 Å². The molecule has 2 N–H and O–H groups in total. The molecule has 1 aliphatic rings. The lowest BCUT2D eigenvalue weighted by molar-refractivity contribution is -0.117. The second kappa shape index (κ2) is 5.24. The molecule has 0 saturated carbocycles. The minimum atomic E-state index is -3.61. The Bertz CT molecular complexity index is 620. The Balaban J connectivity index is 2.20. The number of nitrogens with two attached hydrogens (primary N) is 1. The lowest BCUT2D eigenvalue weighted by atomic mass is 10.1. The van der Waals surface area contributed by atoms with Gasteiger partial charge in [-0.1, -0.05) is 23.2 Å². The Morgan fingerprint density at radius 3 is 2.74 bits per heavy atom. The van der Waals surface area contributed by atoms with Crippen LogP contribution in [0.25, 0.3) is 0 Å². The molecule has 1 saturated heterocycles. The van der Waals surface area contributed by atoms with E-state index in [1.807, 2.05) is 0 Å². The van der Waals surface area contributed by atoms with Crippen LogP contribution < -0.4 is 10.0 Å². The number of halogens is 2. The fourth-order valence-electron chi connectivity index (χ4n) is 2.03. The first kappa shape index (κ1) is 14.5. The molecule has 1 fully saturated rings. The minimum absolute atomic E-state index is 0.108. The van der Waals surface area contributed by atoms with Gasteiger partial charge in [0.05, 0.1) is 15.8 Å². The number of aromatic nitrogens is 1. The number of amides is 1. The summed E-state index contributed by atoms with van der Waals surface area (Å²) in [7, 11) is -3.61. The number of nitrogens with zero attached hydrogens (tertiary/aromatic N) is 2. The Hall–Kier alpha value is -0.890. The standard InChI is InChI=1S/C10H11Cl2N3O3S/c11-7-2-8(12)10(14-3-7)15-4-6(1-9(15)16)5-19(13,17)18/h2-3,6H,1,4-5H2,(H2,13,17,18). The molecule has 0 aromatic carbocycles. The van der Waals surface area contributed by atoms with E-state index in [-0.39, 0.29) is 41.4 Å². The summed E-state index contributed by atoms with van der Waals surface area (Å²) in [5, 5.41) is 5.59. The first-order chi connectivity index (χ1) is 8.76. The Kier molecular flexibility index (Phi) is 4.00. The van der Waals surface area contributed by atoms with Crippen LogP contribution in [0.5, 0.6) is 0 Å². The summed E-state index contributed by atoms with van der Waals surface area (Å²) in [5.74, 6) is -0.533. The molecular formula is C10H11Cl2N3O3S. The van der Waals surface area contributed by atoms with Crippen LogP contribution in [0.1, 0.15) is 6.42 Å². The highest BCUT2D eigenvalue weighted by molar-refractivity contribution is 7.89. The molecule has 19 heavy (non-hydrogen) atoms. The number of rotatable bonds is 3. The number of carbonyl (C=O) groups excluding carboxylic acids is 1. The van der Waals surface area contributed by atoms with Crippen molar-refractivity contribution in [3.05, 3.63) is 22.3 Å². The second-order valence-electron chi connectivity index (χ2n) is 4.36. The fraction of sp³-hybridized carbons (Fsp3) is 0.400. The summed E-state index contributed by atoms with van der Waals surface area (Å²) < 4.78 is 22.1. The molecule has 1 aromatic heterocycles. The van der Waals surface area contributed by atoms with E-state index in [1.165, 1.54) is 17.2 Å². The van der Waals surface area contributed by atoms with Gasteiger partial charge in [0.25, 0.3) is 0 Å². The normalized spacial score (nSPS) is 20.1. The van der Waals surface area contributed by atoms with Gasteiger partial charge in [-0.05, 0) is 6.07 Å². The third-order valence-corrected chi connectivity index (χ3v) is 4.14. The SMILES string of the molecule is NS(=O)(=O)CC1CC(=O)N(c2ncc(Cl)cc2Cl)C1. The zero-order chi connectivity index (χ0) is 14.2. The molecule has 1 aromatic rings. The highest BCUT2D eigenvalue weighted by Gasteiger charge is 2.34. The molecule has 9 heteroatoms. The number of sulfonamides is 1. The van der Waals surface area contributed by atoms with E-state index in [0.29, 0.717) is 5.02 Å². The van der Waals surface area contributed by atoms with Crippen molar-refractivity contribution in [3.63, 3.8) is 0 Å². The van der Waals surface area contributed by atoms with Gasteiger partial charge in [0.1, 0.15) is 0 Å². The maximum absolute atomic E-state index is 11.9. The quantitative estimate of drug-likeness (QED) is 0.898. The van der Waals surface area contributed by atoms with E-state index in [4.69, 9.17) is 28.3 Å². The molecule has 0 spiro atoms. The van der Waals surface area contributed by atoms with Crippen molar-refractivity contribution in [1.29, 1.82) is 0 Å². The van der Waals surface area contributed by atoms with Crippen molar-refractivity contribution in [3.8, 4) is 0 Å². The Morgan fingerprint density at radius 2 is 2.16 bits per heavy atom. The topological polar surface area (TPSA) is 93.4 Å². The highest BCUT2D eigenvalue weighted by atomic mass is 35.5. The number of hydrogen-bond donors (Lipinski definition) is 1. The number of carbonyl (C=O) groups is 1. The van der Waals surface area contributed by atoms with Crippen molar-refractivity contribution in [2.24, 2.45) is 11.1 Å². The van der Waals surface area contributed by atoms with Crippen LogP contribution in [-0.2, 0) is 14.8 Å². The van der Waals surface area contributed by atoms with Crippen LogP contribution in [0.3, 0.4) is 0 Å².